The lowest BCUT2D eigenvalue weighted by atomic mass is 10.1. The Morgan fingerprint density at radius 3 is 2.67 bits per heavy atom. The summed E-state index contributed by atoms with van der Waals surface area (Å²) < 4.78 is 1.89. The molecule has 0 radical (unpaired) electrons. The largest absolute Gasteiger partial charge is 0.289 e. The van der Waals surface area contributed by atoms with E-state index >= 15 is 0 Å². The molecule has 0 aliphatic heterocycles. The Labute approximate surface area is 125 Å². The molecule has 0 saturated carbocycles. The van der Waals surface area contributed by atoms with E-state index < -0.39 is 0 Å². The van der Waals surface area contributed by atoms with E-state index in [2.05, 4.69) is 45.7 Å². The predicted molar refractivity (Wildman–Crippen MR) is 84.7 cm³/mol. The minimum absolute atomic E-state index is 0.806. The van der Waals surface area contributed by atoms with Crippen molar-refractivity contribution in [1.82, 2.24) is 19.7 Å². The Kier molecular flexibility index (Phi) is 2.79. The number of hydrogen-bond donors (Lipinski definition) is 0. The lowest BCUT2D eigenvalue weighted by Gasteiger charge is -2.08. The number of hydrogen-bond acceptors (Lipinski definition) is 4. The van der Waals surface area contributed by atoms with Gasteiger partial charge >= 0.3 is 0 Å². The summed E-state index contributed by atoms with van der Waals surface area (Å²) in [5.74, 6) is 0.806. The maximum absolute atomic E-state index is 4.46. The van der Waals surface area contributed by atoms with Crippen LogP contribution in [-0.2, 0) is 0 Å². The van der Waals surface area contributed by atoms with Crippen LogP contribution in [0.15, 0.2) is 54.4 Å². The van der Waals surface area contributed by atoms with Crippen LogP contribution in [0.4, 0.5) is 0 Å². The Hall–Kier alpha value is -2.53. The molecule has 0 bridgehead atoms. The van der Waals surface area contributed by atoms with Gasteiger partial charge in [0.1, 0.15) is 12.0 Å². The van der Waals surface area contributed by atoms with Crippen LogP contribution in [0.2, 0.25) is 0 Å². The lowest BCUT2D eigenvalue weighted by molar-refractivity contribution is 0.933. The number of rotatable bonds is 2. The minimum Gasteiger partial charge on any atom is -0.289 e. The van der Waals surface area contributed by atoms with Gasteiger partial charge in [-0.3, -0.25) is 4.57 Å². The molecule has 1 aromatic carbocycles. The van der Waals surface area contributed by atoms with Gasteiger partial charge in [-0.25, -0.2) is 4.98 Å². The second-order valence-corrected chi connectivity index (χ2v) is 5.79. The normalized spacial score (nSPS) is 11.1. The third kappa shape index (κ3) is 2.02. The molecule has 0 spiro atoms. The quantitative estimate of drug-likeness (QED) is 0.563. The number of aromatic nitrogens is 4. The van der Waals surface area contributed by atoms with E-state index in [1.807, 2.05) is 22.9 Å². The summed E-state index contributed by atoms with van der Waals surface area (Å²) in [6.45, 7) is 2.09. The fourth-order valence-corrected chi connectivity index (χ4v) is 3.30. The molecule has 4 rings (SSSR count). The zero-order valence-electron chi connectivity index (χ0n) is 11.4. The summed E-state index contributed by atoms with van der Waals surface area (Å²) in [4.78, 5) is 5.23. The first-order valence-electron chi connectivity index (χ1n) is 6.62. The average Bonchev–Trinajstić information content (AvgIpc) is 3.17. The maximum atomic E-state index is 4.46. The molecule has 0 atom stereocenters. The summed E-state index contributed by atoms with van der Waals surface area (Å²) >= 11 is 1.70. The monoisotopic (exact) mass is 292 g/mol. The average molecular weight is 292 g/mol. The SMILES string of the molecule is Cc1csc(-c2nnc(-n3ccnc3)c3ccccc23)c1. The molecule has 0 fully saturated rings. The molecule has 3 aromatic heterocycles. The highest BCUT2D eigenvalue weighted by Crippen LogP contribution is 2.32. The fraction of sp³-hybridized carbons (Fsp3) is 0.0625. The third-order valence-corrected chi connectivity index (χ3v) is 4.44. The molecule has 0 N–H and O–H groups in total. The first-order chi connectivity index (χ1) is 10.3. The first kappa shape index (κ1) is 12.2. The van der Waals surface area contributed by atoms with Gasteiger partial charge in [0.2, 0.25) is 0 Å². The topological polar surface area (TPSA) is 43.6 Å². The molecular formula is C16H12N4S. The van der Waals surface area contributed by atoms with Crippen LogP contribution in [0, 0.1) is 6.92 Å². The molecule has 0 aliphatic carbocycles. The van der Waals surface area contributed by atoms with Crippen molar-refractivity contribution in [1.29, 1.82) is 0 Å². The second-order valence-electron chi connectivity index (χ2n) is 4.88. The lowest BCUT2D eigenvalue weighted by Crippen LogP contribution is -1.99. The Bertz CT molecular complexity index is 909. The van der Waals surface area contributed by atoms with Crippen LogP contribution >= 0.6 is 11.3 Å². The number of imidazole rings is 1. The molecule has 3 heterocycles. The molecule has 5 heteroatoms. The van der Waals surface area contributed by atoms with Crippen molar-refractivity contribution in [2.24, 2.45) is 0 Å². The first-order valence-corrected chi connectivity index (χ1v) is 7.50. The summed E-state index contributed by atoms with van der Waals surface area (Å²) in [6, 6.07) is 10.4. The van der Waals surface area contributed by atoms with Gasteiger partial charge in [0.15, 0.2) is 5.82 Å². The van der Waals surface area contributed by atoms with Crippen LogP contribution in [0.5, 0.6) is 0 Å². The molecule has 21 heavy (non-hydrogen) atoms. The molecule has 0 amide bonds. The van der Waals surface area contributed by atoms with Crippen LogP contribution in [0.1, 0.15) is 5.56 Å². The van der Waals surface area contributed by atoms with E-state index in [0.717, 1.165) is 27.2 Å². The van der Waals surface area contributed by atoms with Gasteiger partial charge in [0, 0.05) is 23.2 Å². The van der Waals surface area contributed by atoms with Crippen molar-refractivity contribution in [2.45, 2.75) is 6.92 Å². The van der Waals surface area contributed by atoms with Gasteiger partial charge in [-0.2, -0.15) is 0 Å². The molecule has 0 unspecified atom stereocenters. The van der Waals surface area contributed by atoms with E-state index in [9.17, 15) is 0 Å². The fourth-order valence-electron chi connectivity index (χ4n) is 2.40. The van der Waals surface area contributed by atoms with Crippen molar-refractivity contribution in [3.63, 3.8) is 0 Å². The zero-order chi connectivity index (χ0) is 14.2. The minimum atomic E-state index is 0.806. The molecule has 0 saturated heterocycles. The van der Waals surface area contributed by atoms with E-state index in [-0.39, 0.29) is 0 Å². The van der Waals surface area contributed by atoms with Crippen molar-refractivity contribution in [3.05, 3.63) is 60.0 Å². The zero-order valence-corrected chi connectivity index (χ0v) is 12.2. The van der Waals surface area contributed by atoms with E-state index in [4.69, 9.17) is 0 Å². The molecule has 4 aromatic rings. The summed E-state index contributed by atoms with van der Waals surface area (Å²) in [5.41, 5.74) is 2.19. The van der Waals surface area contributed by atoms with Crippen molar-refractivity contribution >= 4 is 22.1 Å². The number of aryl methyl sites for hydroxylation is 1. The van der Waals surface area contributed by atoms with Gasteiger partial charge in [-0.15, -0.1) is 21.5 Å². The Morgan fingerprint density at radius 1 is 1.10 bits per heavy atom. The third-order valence-electron chi connectivity index (χ3n) is 3.38. The highest BCUT2D eigenvalue weighted by atomic mass is 32.1. The van der Waals surface area contributed by atoms with Crippen LogP contribution < -0.4 is 0 Å². The van der Waals surface area contributed by atoms with Gasteiger partial charge in [-0.05, 0) is 23.9 Å². The van der Waals surface area contributed by atoms with E-state index in [0.29, 0.717) is 0 Å². The van der Waals surface area contributed by atoms with Gasteiger partial charge < -0.3 is 0 Å². The maximum Gasteiger partial charge on any atom is 0.168 e. The number of fused-ring (bicyclic) bond motifs is 1. The number of nitrogens with zero attached hydrogens (tertiary/aromatic N) is 4. The Balaban J connectivity index is 2.02. The molecule has 0 aliphatic rings. The van der Waals surface area contributed by atoms with Gasteiger partial charge in [0.05, 0.1) is 4.88 Å². The van der Waals surface area contributed by atoms with Crippen LogP contribution in [0.3, 0.4) is 0 Å². The second kappa shape index (κ2) is 4.79. The number of thiophene rings is 1. The standard InChI is InChI=1S/C16H12N4S/c1-11-8-14(21-9-11)15-12-4-2-3-5-13(12)16(19-18-15)20-7-6-17-10-20/h2-10H,1H3. The van der Waals surface area contributed by atoms with E-state index in [1.54, 1.807) is 23.9 Å². The highest BCUT2D eigenvalue weighted by Gasteiger charge is 2.12. The number of benzene rings is 1. The van der Waals surface area contributed by atoms with Gasteiger partial charge in [0.25, 0.3) is 0 Å². The van der Waals surface area contributed by atoms with Crippen LogP contribution in [-0.4, -0.2) is 19.7 Å². The summed E-state index contributed by atoms with van der Waals surface area (Å²) in [6.07, 6.45) is 5.36. The van der Waals surface area contributed by atoms with E-state index in [1.165, 1.54) is 5.56 Å². The molecule has 102 valence electrons. The summed E-state index contributed by atoms with van der Waals surface area (Å²) in [7, 11) is 0. The Morgan fingerprint density at radius 2 is 1.95 bits per heavy atom. The smallest absolute Gasteiger partial charge is 0.168 e. The van der Waals surface area contributed by atoms with Crippen molar-refractivity contribution in [2.75, 3.05) is 0 Å². The summed E-state index contributed by atoms with van der Waals surface area (Å²) in [5, 5.41) is 13.2. The van der Waals surface area contributed by atoms with Crippen LogP contribution in [0.25, 0.3) is 27.2 Å². The van der Waals surface area contributed by atoms with Gasteiger partial charge in [-0.1, -0.05) is 24.3 Å². The molecular weight excluding hydrogens is 280 g/mol. The predicted octanol–water partition coefficient (Wildman–Crippen LogP) is 3.85. The molecule has 4 nitrogen and oxygen atoms in total. The van der Waals surface area contributed by atoms with Crippen molar-refractivity contribution in [3.8, 4) is 16.4 Å². The van der Waals surface area contributed by atoms with Crippen molar-refractivity contribution < 1.29 is 0 Å². The highest BCUT2D eigenvalue weighted by molar-refractivity contribution is 7.13.